The number of hydrogen-bond donors (Lipinski definition) is 1. The number of nitrogens with zero attached hydrogens (tertiary/aromatic N) is 2. The second-order valence-corrected chi connectivity index (χ2v) is 7.65. The zero-order chi connectivity index (χ0) is 21.2. The highest BCUT2D eigenvalue weighted by Crippen LogP contribution is 2.28. The molecule has 31 heavy (non-hydrogen) atoms. The minimum Gasteiger partial charge on any atom is -0.464 e. The molecule has 2 aromatic heterocycles. The molecule has 5 nitrogen and oxygen atoms in total. The van der Waals surface area contributed by atoms with E-state index < -0.39 is 6.67 Å². The Balaban J connectivity index is 1.44. The van der Waals surface area contributed by atoms with E-state index in [0.29, 0.717) is 17.8 Å². The van der Waals surface area contributed by atoms with Crippen LogP contribution in [0.4, 0.5) is 15.9 Å². The van der Waals surface area contributed by atoms with Crippen LogP contribution in [0, 0.1) is 0 Å². The van der Waals surface area contributed by atoms with Gasteiger partial charge in [-0.1, -0.05) is 12.1 Å². The number of carbonyl (C=O) groups is 1. The number of halogens is 1. The molecule has 0 saturated carbocycles. The third-order valence-corrected chi connectivity index (χ3v) is 5.66. The standard InChI is InChI=1S/C25H22FN3O2/c26-9-12-29(25(30)21-2-1-3-22-20(21)7-11-27-22)24-16-18(6-10-28-24)14-17-4-5-23-19(15-17)8-13-31-23/h1-6,8,10,13,15-16,27H,7,9,11-12,14H2. The lowest BCUT2D eigenvalue weighted by molar-refractivity contribution is 0.0983. The highest BCUT2D eigenvalue weighted by Gasteiger charge is 2.24. The second-order valence-electron chi connectivity index (χ2n) is 7.65. The lowest BCUT2D eigenvalue weighted by atomic mass is 10.0. The highest BCUT2D eigenvalue weighted by atomic mass is 19.1. The van der Waals surface area contributed by atoms with Gasteiger partial charge in [-0.2, -0.15) is 0 Å². The number of nitrogens with one attached hydrogen (secondary N) is 1. The van der Waals surface area contributed by atoms with E-state index in [2.05, 4.69) is 16.4 Å². The van der Waals surface area contributed by atoms with Crippen molar-refractivity contribution in [1.82, 2.24) is 4.98 Å². The Morgan fingerprint density at radius 1 is 1.13 bits per heavy atom. The topological polar surface area (TPSA) is 58.4 Å². The number of alkyl halides is 1. The van der Waals surface area contributed by atoms with Crippen LogP contribution in [0.15, 0.2) is 71.5 Å². The molecule has 2 aromatic carbocycles. The number of furan rings is 1. The van der Waals surface area contributed by atoms with Crippen LogP contribution in [0.5, 0.6) is 0 Å². The molecule has 0 fully saturated rings. The average molecular weight is 415 g/mol. The Bertz CT molecular complexity index is 1250. The zero-order valence-corrected chi connectivity index (χ0v) is 17.0. The minimum absolute atomic E-state index is 0.0344. The van der Waals surface area contributed by atoms with Crippen molar-refractivity contribution < 1.29 is 13.6 Å². The molecule has 0 spiro atoms. The van der Waals surface area contributed by atoms with E-state index in [1.54, 1.807) is 12.5 Å². The molecule has 1 N–H and O–H groups in total. The molecule has 1 amide bonds. The van der Waals surface area contributed by atoms with Gasteiger partial charge in [0.1, 0.15) is 18.1 Å². The number of aromatic nitrogens is 1. The minimum atomic E-state index is -0.637. The molecule has 4 aromatic rings. The first kappa shape index (κ1) is 19.3. The normalized spacial score (nSPS) is 12.5. The zero-order valence-electron chi connectivity index (χ0n) is 17.0. The van der Waals surface area contributed by atoms with Gasteiger partial charge in [-0.05, 0) is 72.0 Å². The van der Waals surface area contributed by atoms with Crippen LogP contribution in [0.2, 0.25) is 0 Å². The van der Waals surface area contributed by atoms with Crippen LogP contribution < -0.4 is 10.2 Å². The molecule has 6 heteroatoms. The van der Waals surface area contributed by atoms with Gasteiger partial charge >= 0.3 is 0 Å². The summed E-state index contributed by atoms with van der Waals surface area (Å²) < 4.78 is 18.8. The third-order valence-electron chi connectivity index (χ3n) is 5.66. The maximum absolute atomic E-state index is 13.4. The predicted octanol–water partition coefficient (Wildman–Crippen LogP) is 5.00. The first-order valence-electron chi connectivity index (χ1n) is 10.4. The lowest BCUT2D eigenvalue weighted by Gasteiger charge is -2.22. The molecule has 0 aliphatic carbocycles. The SMILES string of the molecule is O=C(c1cccc2c1CCN2)N(CCF)c1cc(Cc2ccc3occc3c2)ccn1. The van der Waals surface area contributed by atoms with Gasteiger partial charge in [0.25, 0.3) is 5.91 Å². The summed E-state index contributed by atoms with van der Waals surface area (Å²) in [5.41, 5.74) is 5.55. The van der Waals surface area contributed by atoms with Gasteiger partial charge < -0.3 is 9.73 Å². The fourth-order valence-corrected chi connectivity index (χ4v) is 4.17. The van der Waals surface area contributed by atoms with Crippen molar-refractivity contribution >= 4 is 28.4 Å². The average Bonchev–Trinajstić information content (AvgIpc) is 3.46. The summed E-state index contributed by atoms with van der Waals surface area (Å²) in [5.74, 6) is 0.246. The Kier molecular flexibility index (Phi) is 5.12. The van der Waals surface area contributed by atoms with E-state index in [0.717, 1.165) is 46.3 Å². The Morgan fingerprint density at radius 3 is 2.94 bits per heavy atom. The van der Waals surface area contributed by atoms with Crippen LogP contribution in [0.25, 0.3) is 11.0 Å². The fraction of sp³-hybridized carbons (Fsp3) is 0.200. The molecule has 0 unspecified atom stereocenters. The number of amides is 1. The molecule has 1 aliphatic rings. The van der Waals surface area contributed by atoms with E-state index in [1.165, 1.54) is 4.90 Å². The van der Waals surface area contributed by atoms with Crippen LogP contribution >= 0.6 is 0 Å². The number of hydrogen-bond acceptors (Lipinski definition) is 4. The van der Waals surface area contributed by atoms with Crippen molar-refractivity contribution in [2.45, 2.75) is 12.8 Å². The predicted molar refractivity (Wildman–Crippen MR) is 120 cm³/mol. The van der Waals surface area contributed by atoms with Crippen molar-refractivity contribution in [2.24, 2.45) is 0 Å². The summed E-state index contributed by atoms with van der Waals surface area (Å²) in [6, 6.07) is 17.4. The van der Waals surface area contributed by atoms with Crippen molar-refractivity contribution in [2.75, 3.05) is 30.0 Å². The Labute approximate surface area is 179 Å². The fourth-order valence-electron chi connectivity index (χ4n) is 4.17. The second kappa shape index (κ2) is 8.22. The maximum Gasteiger partial charge on any atom is 0.259 e. The number of carbonyl (C=O) groups excluding carboxylic acids is 1. The summed E-state index contributed by atoms with van der Waals surface area (Å²) in [5, 5.41) is 4.33. The molecule has 156 valence electrons. The summed E-state index contributed by atoms with van der Waals surface area (Å²) in [6.45, 7) is 0.132. The lowest BCUT2D eigenvalue weighted by Crippen LogP contribution is -2.34. The number of anilines is 2. The number of rotatable bonds is 6. The van der Waals surface area contributed by atoms with Gasteiger partial charge in [0.15, 0.2) is 0 Å². The molecule has 0 bridgehead atoms. The van der Waals surface area contributed by atoms with Gasteiger partial charge in [0.2, 0.25) is 0 Å². The number of benzene rings is 2. The van der Waals surface area contributed by atoms with Gasteiger partial charge in [-0.25, -0.2) is 9.37 Å². The molecule has 1 aliphatic heterocycles. The molecular weight excluding hydrogens is 393 g/mol. The summed E-state index contributed by atoms with van der Waals surface area (Å²) >= 11 is 0. The van der Waals surface area contributed by atoms with Gasteiger partial charge in [-0.3, -0.25) is 9.69 Å². The van der Waals surface area contributed by atoms with Crippen LogP contribution in [0.1, 0.15) is 27.0 Å². The first-order chi connectivity index (χ1) is 15.2. The summed E-state index contributed by atoms with van der Waals surface area (Å²) in [7, 11) is 0. The summed E-state index contributed by atoms with van der Waals surface area (Å²) in [6.07, 6.45) is 4.81. The first-order valence-corrected chi connectivity index (χ1v) is 10.4. The van der Waals surface area contributed by atoms with Crippen LogP contribution in [-0.4, -0.2) is 30.7 Å². The van der Waals surface area contributed by atoms with E-state index in [9.17, 15) is 9.18 Å². The number of pyridine rings is 1. The number of fused-ring (bicyclic) bond motifs is 2. The largest absolute Gasteiger partial charge is 0.464 e. The van der Waals surface area contributed by atoms with Crippen molar-refractivity contribution in [3.8, 4) is 0 Å². The maximum atomic E-state index is 13.4. The molecule has 5 rings (SSSR count). The van der Waals surface area contributed by atoms with Crippen molar-refractivity contribution in [3.63, 3.8) is 0 Å². The quantitative estimate of drug-likeness (QED) is 0.481. The molecule has 0 radical (unpaired) electrons. The Hall–Kier alpha value is -3.67. The van der Waals surface area contributed by atoms with E-state index in [4.69, 9.17) is 4.42 Å². The van der Waals surface area contributed by atoms with Gasteiger partial charge in [0, 0.05) is 29.4 Å². The molecule has 3 heterocycles. The molecule has 0 saturated heterocycles. The highest BCUT2D eigenvalue weighted by molar-refractivity contribution is 6.07. The Morgan fingerprint density at radius 2 is 2.03 bits per heavy atom. The van der Waals surface area contributed by atoms with Gasteiger partial charge in [0.05, 0.1) is 12.8 Å². The van der Waals surface area contributed by atoms with Crippen LogP contribution in [-0.2, 0) is 12.8 Å². The van der Waals surface area contributed by atoms with Gasteiger partial charge in [-0.15, -0.1) is 0 Å². The van der Waals surface area contributed by atoms with E-state index in [-0.39, 0.29) is 12.5 Å². The monoisotopic (exact) mass is 415 g/mol. The third kappa shape index (κ3) is 3.77. The van der Waals surface area contributed by atoms with Crippen molar-refractivity contribution in [3.05, 3.63) is 89.3 Å². The smallest absolute Gasteiger partial charge is 0.259 e. The van der Waals surface area contributed by atoms with E-state index in [1.807, 2.05) is 48.5 Å². The van der Waals surface area contributed by atoms with E-state index >= 15 is 0 Å². The molecule has 0 atom stereocenters. The molecular formula is C25H22FN3O2. The van der Waals surface area contributed by atoms with Crippen molar-refractivity contribution in [1.29, 1.82) is 0 Å². The summed E-state index contributed by atoms with van der Waals surface area (Å²) in [4.78, 5) is 19.2. The van der Waals surface area contributed by atoms with Crippen LogP contribution in [0.3, 0.4) is 0 Å².